The number of hydrogen-bond donors (Lipinski definition) is 0. The number of carbonyl (C=O) groups excluding carboxylic acids is 1. The Morgan fingerprint density at radius 1 is 1.25 bits per heavy atom. The summed E-state index contributed by atoms with van der Waals surface area (Å²) in [6.07, 6.45) is 2.87. The van der Waals surface area contributed by atoms with Crippen LogP contribution in [0, 0.1) is 0 Å². The highest BCUT2D eigenvalue weighted by Crippen LogP contribution is 2.29. The van der Waals surface area contributed by atoms with E-state index < -0.39 is 16.8 Å². The van der Waals surface area contributed by atoms with Crippen molar-refractivity contribution in [1.29, 1.82) is 0 Å². The van der Waals surface area contributed by atoms with Crippen LogP contribution in [0.15, 0.2) is 59.7 Å². The van der Waals surface area contributed by atoms with E-state index in [0.717, 1.165) is 27.3 Å². The summed E-state index contributed by atoms with van der Waals surface area (Å²) in [5.41, 5.74) is 0.833. The maximum atomic E-state index is 12.3. The van der Waals surface area contributed by atoms with Gasteiger partial charge in [-0.1, -0.05) is 30.8 Å². The smallest absolute Gasteiger partial charge is 0.335 e. The Morgan fingerprint density at radius 3 is 2.65 bits per heavy atom. The normalized spacial score (nSPS) is 17.2. The molecule has 0 spiro atoms. The fraction of sp³-hybridized carbons (Fsp3) is 0.0625. The molecule has 0 radical (unpaired) electrons. The van der Waals surface area contributed by atoms with Crippen LogP contribution in [0.4, 0.5) is 0 Å². The number of rotatable bonds is 2. The van der Waals surface area contributed by atoms with Crippen molar-refractivity contribution in [3.05, 3.63) is 60.4 Å². The SMILES string of the molecule is C=CC(=O)OC1=Cc2cc3ccccc3cc2S(=O)C1. The van der Waals surface area contributed by atoms with Gasteiger partial charge in [0.15, 0.2) is 0 Å². The molecule has 3 rings (SSSR count). The van der Waals surface area contributed by atoms with Crippen LogP contribution in [0.3, 0.4) is 0 Å². The van der Waals surface area contributed by atoms with Crippen LogP contribution in [0.5, 0.6) is 0 Å². The van der Waals surface area contributed by atoms with Crippen molar-refractivity contribution in [2.75, 3.05) is 5.75 Å². The minimum Gasteiger partial charge on any atom is -0.427 e. The molecule has 0 saturated heterocycles. The third kappa shape index (κ3) is 2.30. The summed E-state index contributed by atoms with van der Waals surface area (Å²) in [5.74, 6) is 0.0961. The van der Waals surface area contributed by atoms with Crippen LogP contribution in [0.25, 0.3) is 16.8 Å². The number of esters is 1. The van der Waals surface area contributed by atoms with Crippen LogP contribution in [-0.2, 0) is 20.3 Å². The van der Waals surface area contributed by atoms with Crippen molar-refractivity contribution >= 4 is 33.6 Å². The minimum absolute atomic E-state index is 0.213. The molecule has 0 aliphatic carbocycles. The fourth-order valence-electron chi connectivity index (χ4n) is 2.20. The lowest BCUT2D eigenvalue weighted by Crippen LogP contribution is -2.13. The van der Waals surface area contributed by atoms with E-state index in [1.165, 1.54) is 0 Å². The minimum atomic E-state index is -1.20. The molecule has 1 atom stereocenters. The van der Waals surface area contributed by atoms with Gasteiger partial charge in [0.1, 0.15) is 5.76 Å². The van der Waals surface area contributed by atoms with E-state index >= 15 is 0 Å². The lowest BCUT2D eigenvalue weighted by Gasteiger charge is -2.16. The molecule has 1 unspecified atom stereocenters. The Morgan fingerprint density at radius 2 is 1.95 bits per heavy atom. The molecule has 2 aromatic rings. The maximum absolute atomic E-state index is 12.3. The highest BCUT2D eigenvalue weighted by molar-refractivity contribution is 7.85. The summed E-state index contributed by atoms with van der Waals surface area (Å²) in [6.45, 7) is 3.35. The third-order valence-electron chi connectivity index (χ3n) is 3.11. The second-order valence-electron chi connectivity index (χ2n) is 4.46. The largest absolute Gasteiger partial charge is 0.427 e. The standard InChI is InChI=1S/C16H12O3S/c1-2-16(17)19-14-8-13-7-11-5-3-4-6-12(11)9-15(13)20(18)10-14/h2-9H,1,10H2. The second kappa shape index (κ2) is 5.06. The van der Waals surface area contributed by atoms with Crippen LogP contribution in [0.2, 0.25) is 0 Å². The second-order valence-corrected chi connectivity index (χ2v) is 5.88. The molecule has 0 bridgehead atoms. The van der Waals surface area contributed by atoms with Gasteiger partial charge in [-0.25, -0.2) is 4.79 Å². The molecule has 1 aliphatic rings. The molecular weight excluding hydrogens is 272 g/mol. The molecule has 3 nitrogen and oxygen atoms in total. The Hall–Kier alpha value is -2.20. The number of fused-ring (bicyclic) bond motifs is 2. The first-order chi connectivity index (χ1) is 9.67. The molecule has 0 saturated carbocycles. The summed E-state index contributed by atoms with van der Waals surface area (Å²) in [5, 5.41) is 2.12. The predicted molar refractivity (Wildman–Crippen MR) is 79.5 cm³/mol. The van der Waals surface area contributed by atoms with Gasteiger partial charge in [0.05, 0.1) is 16.6 Å². The Bertz CT molecular complexity index is 774. The zero-order valence-corrected chi connectivity index (χ0v) is 11.5. The van der Waals surface area contributed by atoms with E-state index in [4.69, 9.17) is 4.74 Å². The van der Waals surface area contributed by atoms with Gasteiger partial charge < -0.3 is 4.74 Å². The predicted octanol–water partition coefficient (Wildman–Crippen LogP) is 3.03. The summed E-state index contributed by atoms with van der Waals surface area (Å²) in [7, 11) is -1.20. The van der Waals surface area contributed by atoms with Gasteiger partial charge in [0.2, 0.25) is 0 Å². The van der Waals surface area contributed by atoms with Crippen molar-refractivity contribution < 1.29 is 13.7 Å². The van der Waals surface area contributed by atoms with Crippen molar-refractivity contribution in [1.82, 2.24) is 0 Å². The topological polar surface area (TPSA) is 43.4 Å². The Kier molecular flexibility index (Phi) is 3.24. The number of benzene rings is 2. The molecule has 1 heterocycles. The van der Waals surface area contributed by atoms with Crippen LogP contribution >= 0.6 is 0 Å². The van der Waals surface area contributed by atoms with E-state index in [9.17, 15) is 9.00 Å². The van der Waals surface area contributed by atoms with Crippen molar-refractivity contribution in [2.24, 2.45) is 0 Å². The quantitative estimate of drug-likeness (QED) is 0.629. The summed E-state index contributed by atoms with van der Waals surface area (Å²) in [6, 6.07) is 11.8. The average molecular weight is 284 g/mol. The Balaban J connectivity index is 2.10. The lowest BCUT2D eigenvalue weighted by molar-refractivity contribution is -0.133. The molecule has 0 aromatic heterocycles. The molecule has 20 heavy (non-hydrogen) atoms. The summed E-state index contributed by atoms with van der Waals surface area (Å²) >= 11 is 0. The van der Waals surface area contributed by atoms with E-state index in [1.54, 1.807) is 6.08 Å². The van der Waals surface area contributed by atoms with Crippen molar-refractivity contribution in [2.45, 2.75) is 4.90 Å². The first kappa shape index (κ1) is 12.8. The molecule has 0 amide bonds. The molecule has 0 N–H and O–H groups in total. The monoisotopic (exact) mass is 284 g/mol. The van der Waals surface area contributed by atoms with Crippen LogP contribution in [0.1, 0.15) is 5.56 Å². The average Bonchev–Trinajstić information content (AvgIpc) is 2.45. The highest BCUT2D eigenvalue weighted by atomic mass is 32.2. The van der Waals surface area contributed by atoms with Gasteiger partial charge >= 0.3 is 5.97 Å². The molecule has 4 heteroatoms. The van der Waals surface area contributed by atoms with Crippen LogP contribution < -0.4 is 0 Å². The van der Waals surface area contributed by atoms with Gasteiger partial charge in [0, 0.05) is 11.0 Å². The van der Waals surface area contributed by atoms with E-state index in [2.05, 4.69) is 6.58 Å². The van der Waals surface area contributed by atoms with Crippen molar-refractivity contribution in [3.8, 4) is 0 Å². The zero-order valence-electron chi connectivity index (χ0n) is 10.7. The molecule has 1 aliphatic heterocycles. The molecule has 100 valence electrons. The maximum Gasteiger partial charge on any atom is 0.335 e. The molecule has 0 fully saturated rings. The number of ether oxygens (including phenoxy) is 1. The van der Waals surface area contributed by atoms with E-state index in [-0.39, 0.29) is 5.75 Å². The first-order valence-corrected chi connectivity index (χ1v) is 7.45. The van der Waals surface area contributed by atoms with Crippen LogP contribution in [-0.4, -0.2) is 15.9 Å². The van der Waals surface area contributed by atoms with Gasteiger partial charge in [-0.2, -0.15) is 0 Å². The number of carbonyl (C=O) groups is 1. The highest BCUT2D eigenvalue weighted by Gasteiger charge is 2.20. The Labute approximate surface area is 119 Å². The van der Waals surface area contributed by atoms with Gasteiger partial charge in [-0.15, -0.1) is 0 Å². The fourth-order valence-corrected chi connectivity index (χ4v) is 3.39. The molecular formula is C16H12O3S. The van der Waals surface area contributed by atoms with E-state index in [1.807, 2.05) is 36.4 Å². The van der Waals surface area contributed by atoms with Gasteiger partial charge in [-0.05, 0) is 34.5 Å². The van der Waals surface area contributed by atoms with Gasteiger partial charge in [0.25, 0.3) is 0 Å². The summed E-state index contributed by atoms with van der Waals surface area (Å²) < 4.78 is 17.4. The lowest BCUT2D eigenvalue weighted by atomic mass is 10.1. The van der Waals surface area contributed by atoms with Gasteiger partial charge in [-0.3, -0.25) is 4.21 Å². The van der Waals surface area contributed by atoms with E-state index in [0.29, 0.717) is 5.76 Å². The zero-order chi connectivity index (χ0) is 14.1. The first-order valence-electron chi connectivity index (χ1n) is 6.13. The third-order valence-corrected chi connectivity index (χ3v) is 4.50. The summed E-state index contributed by atoms with van der Waals surface area (Å²) in [4.78, 5) is 12.0. The number of hydrogen-bond acceptors (Lipinski definition) is 3. The van der Waals surface area contributed by atoms with Crippen molar-refractivity contribution in [3.63, 3.8) is 0 Å². The molecule has 2 aromatic carbocycles.